The van der Waals surface area contributed by atoms with Crippen molar-refractivity contribution < 1.29 is 76.2 Å². The molecular weight excluding hydrogens is 742 g/mol. The van der Waals surface area contributed by atoms with Crippen LogP contribution in [0, 0.1) is 0 Å². The van der Waals surface area contributed by atoms with Crippen molar-refractivity contribution >= 4 is 29.8 Å². The lowest BCUT2D eigenvalue weighted by atomic mass is 10.1. The highest BCUT2D eigenvalue weighted by atomic mass is 16.7. The van der Waals surface area contributed by atoms with Gasteiger partial charge in [0.1, 0.15) is 19.3 Å². The van der Waals surface area contributed by atoms with Gasteiger partial charge in [0.15, 0.2) is 0 Å². The molecule has 2 N–H and O–H groups in total. The van der Waals surface area contributed by atoms with Gasteiger partial charge in [-0.2, -0.15) is 0 Å². The second-order valence-corrected chi connectivity index (χ2v) is 11.9. The number of ether oxygens (including phenoxy) is 10. The highest BCUT2D eigenvalue weighted by Gasteiger charge is 2.35. The van der Waals surface area contributed by atoms with E-state index < -0.39 is 29.9 Å². The molecule has 4 amide bonds. The van der Waals surface area contributed by atoms with Crippen molar-refractivity contribution in [1.29, 1.82) is 0 Å². The molecule has 1 aliphatic heterocycles. The van der Waals surface area contributed by atoms with E-state index in [1.54, 1.807) is 31.4 Å². The van der Waals surface area contributed by atoms with Crippen LogP contribution < -0.4 is 10.6 Å². The highest BCUT2D eigenvalue weighted by molar-refractivity contribution is 6.01. The molecule has 19 heteroatoms. The molecule has 56 heavy (non-hydrogen) atoms. The fourth-order valence-electron chi connectivity index (χ4n) is 4.57. The molecule has 1 heterocycles. The SMILES string of the molecule is COCCOCCOCCOCCOCCOCCOCCOCCOCC(=O)NCCCC[C@H](NC(=O)OCc1ccccc1)C(=O)ON1C(=O)CCC1=O. The second kappa shape index (κ2) is 33.4. The minimum atomic E-state index is -1.19. The third kappa shape index (κ3) is 25.4. The Labute approximate surface area is 328 Å². The molecule has 19 nitrogen and oxygen atoms in total. The smallest absolute Gasteiger partial charge is 0.408 e. The van der Waals surface area contributed by atoms with E-state index in [2.05, 4.69) is 10.6 Å². The normalized spacial score (nSPS) is 13.2. The van der Waals surface area contributed by atoms with E-state index in [1.165, 1.54) is 0 Å². The molecule has 2 rings (SSSR count). The molecule has 1 aliphatic rings. The maximum atomic E-state index is 12.8. The molecule has 1 aromatic rings. The summed E-state index contributed by atoms with van der Waals surface area (Å²) in [4.78, 5) is 66.1. The second-order valence-electron chi connectivity index (χ2n) is 11.9. The standard InChI is InChI=1S/C37H59N3O16/c1-46-13-14-47-15-16-48-17-18-49-19-20-50-21-22-51-23-24-52-25-26-53-27-28-54-30-33(41)38-12-6-5-9-32(36(44)56-40-34(42)10-11-35(40)43)39-37(45)55-29-31-7-3-2-4-8-31/h2-4,7-8,32H,5-6,9-30H2,1H3,(H,38,41)(H,39,45)/t32-/m0/s1. The molecular formula is C37H59N3O16. The van der Waals surface area contributed by atoms with Crippen LogP contribution in [0.4, 0.5) is 4.79 Å². The minimum absolute atomic E-state index is 0.0233. The third-order valence-corrected chi connectivity index (χ3v) is 7.49. The van der Waals surface area contributed by atoms with Crippen molar-refractivity contribution in [3.8, 4) is 0 Å². The Bertz CT molecular complexity index is 1200. The van der Waals surface area contributed by atoms with Gasteiger partial charge in [-0.3, -0.25) is 14.4 Å². The lowest BCUT2D eigenvalue weighted by Crippen LogP contribution is -2.45. The van der Waals surface area contributed by atoms with Crippen LogP contribution in [0.15, 0.2) is 30.3 Å². The first kappa shape index (κ1) is 48.4. The number of hydrogen-bond donors (Lipinski definition) is 2. The van der Waals surface area contributed by atoms with Crippen LogP contribution in [0.1, 0.15) is 37.7 Å². The maximum absolute atomic E-state index is 12.8. The van der Waals surface area contributed by atoms with Crippen LogP contribution in [-0.4, -0.2) is 167 Å². The van der Waals surface area contributed by atoms with Crippen LogP contribution in [0.3, 0.4) is 0 Å². The molecule has 0 unspecified atom stereocenters. The van der Waals surface area contributed by atoms with E-state index in [1.807, 2.05) is 6.07 Å². The van der Waals surface area contributed by atoms with Crippen LogP contribution in [-0.2, 0) is 78.0 Å². The van der Waals surface area contributed by atoms with E-state index in [9.17, 15) is 24.0 Å². The molecule has 0 spiro atoms. The van der Waals surface area contributed by atoms with Crippen molar-refractivity contribution in [2.24, 2.45) is 0 Å². The third-order valence-electron chi connectivity index (χ3n) is 7.49. The summed E-state index contributed by atoms with van der Waals surface area (Å²) in [5.74, 6) is -2.57. The van der Waals surface area contributed by atoms with Gasteiger partial charge in [-0.05, 0) is 24.8 Å². The van der Waals surface area contributed by atoms with Gasteiger partial charge < -0.3 is 62.8 Å². The van der Waals surface area contributed by atoms with Crippen LogP contribution in [0.2, 0.25) is 0 Å². The van der Waals surface area contributed by atoms with Crippen LogP contribution >= 0.6 is 0 Å². The Morgan fingerprint density at radius 1 is 0.643 bits per heavy atom. The number of rotatable bonds is 36. The lowest BCUT2D eigenvalue weighted by molar-refractivity contribution is -0.199. The van der Waals surface area contributed by atoms with Gasteiger partial charge in [-0.25, -0.2) is 9.59 Å². The summed E-state index contributed by atoms with van der Waals surface area (Å²) < 4.78 is 53.3. The number of unbranched alkanes of at least 4 members (excludes halogenated alkanes) is 1. The Hall–Kier alpha value is -3.79. The van der Waals surface area contributed by atoms with Crippen molar-refractivity contribution in [2.75, 3.05) is 126 Å². The summed E-state index contributed by atoms with van der Waals surface area (Å²) in [6.07, 6.45) is -0.0383. The summed E-state index contributed by atoms with van der Waals surface area (Å²) in [7, 11) is 1.63. The number of hydroxylamine groups is 2. The number of carbonyl (C=O) groups is 5. The molecule has 1 saturated heterocycles. The van der Waals surface area contributed by atoms with Crippen molar-refractivity contribution in [1.82, 2.24) is 15.7 Å². The van der Waals surface area contributed by atoms with E-state index in [0.29, 0.717) is 117 Å². The summed E-state index contributed by atoms with van der Waals surface area (Å²) in [5.41, 5.74) is 0.748. The molecule has 1 aromatic carbocycles. The summed E-state index contributed by atoms with van der Waals surface area (Å²) in [6, 6.07) is 7.77. The number of amides is 4. The number of hydrogen-bond acceptors (Lipinski definition) is 16. The zero-order valence-corrected chi connectivity index (χ0v) is 32.4. The van der Waals surface area contributed by atoms with Crippen LogP contribution in [0.25, 0.3) is 0 Å². The molecule has 0 bridgehead atoms. The minimum Gasteiger partial charge on any atom is -0.445 e. The average Bonchev–Trinajstić information content (AvgIpc) is 3.52. The lowest BCUT2D eigenvalue weighted by Gasteiger charge is -2.20. The first-order valence-corrected chi connectivity index (χ1v) is 18.8. The fourth-order valence-corrected chi connectivity index (χ4v) is 4.57. The Morgan fingerprint density at radius 2 is 1.11 bits per heavy atom. The molecule has 1 atom stereocenters. The number of carbonyl (C=O) groups excluding carboxylic acids is 5. The van der Waals surface area contributed by atoms with E-state index >= 15 is 0 Å². The molecule has 0 aliphatic carbocycles. The summed E-state index contributed by atoms with van der Waals surface area (Å²) >= 11 is 0. The molecule has 0 radical (unpaired) electrons. The maximum Gasteiger partial charge on any atom is 0.408 e. The van der Waals surface area contributed by atoms with Crippen LogP contribution in [0.5, 0.6) is 0 Å². The Kier molecular flexibility index (Phi) is 28.8. The molecule has 0 saturated carbocycles. The van der Waals surface area contributed by atoms with Crippen molar-refractivity contribution in [2.45, 2.75) is 44.8 Å². The van der Waals surface area contributed by atoms with Crippen molar-refractivity contribution in [3.63, 3.8) is 0 Å². The quantitative estimate of drug-likeness (QED) is 0.0714. The molecule has 318 valence electrons. The predicted octanol–water partition coefficient (Wildman–Crippen LogP) is 0.954. The van der Waals surface area contributed by atoms with E-state index in [0.717, 1.165) is 5.56 Å². The predicted molar refractivity (Wildman–Crippen MR) is 196 cm³/mol. The zero-order valence-electron chi connectivity index (χ0n) is 32.4. The first-order valence-electron chi connectivity index (χ1n) is 18.8. The van der Waals surface area contributed by atoms with Gasteiger partial charge in [-0.15, -0.1) is 5.06 Å². The fraction of sp³-hybridized carbons (Fsp3) is 0.703. The number of benzene rings is 1. The zero-order chi connectivity index (χ0) is 40.3. The van der Waals surface area contributed by atoms with Gasteiger partial charge in [0.25, 0.3) is 11.8 Å². The average molecular weight is 802 g/mol. The highest BCUT2D eigenvalue weighted by Crippen LogP contribution is 2.14. The Morgan fingerprint density at radius 3 is 1.59 bits per heavy atom. The van der Waals surface area contributed by atoms with Crippen molar-refractivity contribution in [3.05, 3.63) is 35.9 Å². The number of nitrogens with one attached hydrogen (secondary N) is 2. The number of alkyl carbamates (subject to hydrolysis) is 1. The number of nitrogens with zero attached hydrogens (tertiary/aromatic N) is 1. The van der Waals surface area contributed by atoms with E-state index in [-0.39, 0.29) is 51.5 Å². The summed E-state index contributed by atoms with van der Waals surface area (Å²) in [5, 5.41) is 5.58. The van der Waals surface area contributed by atoms with Gasteiger partial charge in [-0.1, -0.05) is 30.3 Å². The van der Waals surface area contributed by atoms with Gasteiger partial charge in [0.2, 0.25) is 5.91 Å². The summed E-state index contributed by atoms with van der Waals surface area (Å²) in [6.45, 7) is 7.26. The topological polar surface area (TPSA) is 214 Å². The molecule has 0 aromatic heterocycles. The molecule has 1 fully saturated rings. The number of imide groups is 1. The van der Waals surface area contributed by atoms with E-state index in [4.69, 9.17) is 52.2 Å². The number of methoxy groups -OCH3 is 1. The van der Waals surface area contributed by atoms with Gasteiger partial charge in [0, 0.05) is 26.5 Å². The first-order chi connectivity index (χ1) is 27.4. The van der Waals surface area contributed by atoms with Gasteiger partial charge in [0.05, 0.1) is 106 Å². The monoisotopic (exact) mass is 801 g/mol. The van der Waals surface area contributed by atoms with Gasteiger partial charge >= 0.3 is 12.1 Å². The largest absolute Gasteiger partial charge is 0.445 e. The Balaban J connectivity index is 1.39.